The van der Waals surface area contributed by atoms with Crippen LogP contribution in [0.3, 0.4) is 0 Å². The fourth-order valence-corrected chi connectivity index (χ4v) is 1.78. The number of rotatable bonds is 2. The molecule has 0 aliphatic carbocycles. The molecule has 3 nitrogen and oxygen atoms in total. The van der Waals surface area contributed by atoms with E-state index in [0.717, 1.165) is 18.4 Å². The third-order valence-electron chi connectivity index (χ3n) is 2.41. The molecule has 1 aliphatic heterocycles. The van der Waals surface area contributed by atoms with Crippen LogP contribution in [0.5, 0.6) is 0 Å². The van der Waals surface area contributed by atoms with Crippen LogP contribution in [0, 0.1) is 5.41 Å². The minimum Gasteiger partial charge on any atom is -0.366 e. The van der Waals surface area contributed by atoms with Gasteiger partial charge in [0.2, 0.25) is 5.91 Å². The zero-order chi connectivity index (χ0) is 10.8. The molecule has 3 N–H and O–H groups in total. The van der Waals surface area contributed by atoms with E-state index in [1.54, 1.807) is 0 Å². The lowest BCUT2D eigenvalue weighted by molar-refractivity contribution is -0.114. The Balaban J connectivity index is 2.47. The average molecular weight is 196 g/mol. The second kappa shape index (κ2) is 4.13. The number of nitrogens with one attached hydrogen (secondary N) is 1. The number of carbonyl (C=O) groups is 1. The Bertz CT molecular complexity index is 251. The summed E-state index contributed by atoms with van der Waals surface area (Å²) in [5, 5.41) is 3.34. The van der Waals surface area contributed by atoms with Gasteiger partial charge in [-0.05, 0) is 18.3 Å². The van der Waals surface area contributed by atoms with Crippen molar-refractivity contribution in [3.05, 3.63) is 11.6 Å². The van der Waals surface area contributed by atoms with E-state index in [9.17, 15) is 4.79 Å². The van der Waals surface area contributed by atoms with Gasteiger partial charge in [0, 0.05) is 18.2 Å². The Morgan fingerprint density at radius 3 is 2.64 bits per heavy atom. The molecule has 1 atom stereocenters. The molecule has 0 saturated carbocycles. The minimum absolute atomic E-state index is 0.299. The maximum Gasteiger partial charge on any atom is 0.245 e. The molecule has 1 rings (SSSR count). The van der Waals surface area contributed by atoms with Crippen LogP contribution in [-0.4, -0.2) is 18.5 Å². The predicted octanol–water partition coefficient (Wildman–Crippen LogP) is 1.20. The molecule has 0 radical (unpaired) electrons. The van der Waals surface area contributed by atoms with E-state index in [1.165, 1.54) is 0 Å². The first kappa shape index (κ1) is 11.2. The fourth-order valence-electron chi connectivity index (χ4n) is 1.78. The fraction of sp³-hybridized carbons (Fsp3) is 0.727. The largest absolute Gasteiger partial charge is 0.366 e. The van der Waals surface area contributed by atoms with Crippen molar-refractivity contribution in [3.63, 3.8) is 0 Å². The van der Waals surface area contributed by atoms with Gasteiger partial charge in [0.05, 0.1) is 0 Å². The molecule has 1 aliphatic rings. The molecule has 1 amide bonds. The number of primary amides is 1. The number of amides is 1. The highest BCUT2D eigenvalue weighted by Gasteiger charge is 2.21. The normalized spacial score (nSPS) is 23.1. The van der Waals surface area contributed by atoms with E-state index in [0.29, 0.717) is 18.0 Å². The van der Waals surface area contributed by atoms with Crippen molar-refractivity contribution in [3.8, 4) is 0 Å². The first-order valence-corrected chi connectivity index (χ1v) is 5.11. The van der Waals surface area contributed by atoms with E-state index in [2.05, 4.69) is 26.1 Å². The predicted molar refractivity (Wildman–Crippen MR) is 57.8 cm³/mol. The summed E-state index contributed by atoms with van der Waals surface area (Å²) in [5.41, 5.74) is 6.24. The Labute approximate surface area is 85.7 Å². The second-order valence-electron chi connectivity index (χ2n) is 5.17. The molecule has 14 heavy (non-hydrogen) atoms. The van der Waals surface area contributed by atoms with Crippen LogP contribution in [0.25, 0.3) is 0 Å². The van der Waals surface area contributed by atoms with Gasteiger partial charge in [-0.25, -0.2) is 0 Å². The van der Waals surface area contributed by atoms with E-state index in [1.807, 2.05) is 6.08 Å². The lowest BCUT2D eigenvalue weighted by atomic mass is 9.85. The van der Waals surface area contributed by atoms with Gasteiger partial charge in [-0.2, -0.15) is 0 Å². The Hall–Kier alpha value is -0.830. The maximum atomic E-state index is 10.9. The van der Waals surface area contributed by atoms with Crippen molar-refractivity contribution in [1.29, 1.82) is 0 Å². The first-order valence-electron chi connectivity index (χ1n) is 5.11. The zero-order valence-corrected chi connectivity index (χ0v) is 9.26. The summed E-state index contributed by atoms with van der Waals surface area (Å²) in [5.74, 6) is -0.299. The molecule has 3 heteroatoms. The standard InChI is InChI=1S/C11H20N2O/c1-11(2,3)6-9-5-4-8(7-13-9)10(12)14/h4,9,13H,5-7H2,1-3H3,(H2,12,14). The van der Waals surface area contributed by atoms with Gasteiger partial charge in [0.15, 0.2) is 0 Å². The van der Waals surface area contributed by atoms with Crippen LogP contribution in [-0.2, 0) is 4.79 Å². The van der Waals surface area contributed by atoms with Crippen LogP contribution in [0.15, 0.2) is 11.6 Å². The second-order valence-corrected chi connectivity index (χ2v) is 5.17. The highest BCUT2D eigenvalue weighted by Crippen LogP contribution is 2.23. The molecule has 1 heterocycles. The number of nitrogens with two attached hydrogens (primary N) is 1. The van der Waals surface area contributed by atoms with Crippen molar-refractivity contribution in [1.82, 2.24) is 5.32 Å². The molecule has 1 unspecified atom stereocenters. The minimum atomic E-state index is -0.299. The van der Waals surface area contributed by atoms with Crippen LogP contribution >= 0.6 is 0 Å². The van der Waals surface area contributed by atoms with E-state index >= 15 is 0 Å². The van der Waals surface area contributed by atoms with Crippen LogP contribution in [0.2, 0.25) is 0 Å². The monoisotopic (exact) mass is 196 g/mol. The molecular weight excluding hydrogens is 176 g/mol. The third kappa shape index (κ3) is 3.50. The van der Waals surface area contributed by atoms with Crippen molar-refractivity contribution in [2.24, 2.45) is 11.1 Å². The van der Waals surface area contributed by atoms with Crippen LogP contribution in [0.1, 0.15) is 33.6 Å². The van der Waals surface area contributed by atoms with Crippen molar-refractivity contribution >= 4 is 5.91 Å². The summed E-state index contributed by atoms with van der Waals surface area (Å²) < 4.78 is 0. The number of hydrogen-bond donors (Lipinski definition) is 2. The smallest absolute Gasteiger partial charge is 0.245 e. The van der Waals surface area contributed by atoms with Gasteiger partial charge >= 0.3 is 0 Å². The molecule has 80 valence electrons. The lowest BCUT2D eigenvalue weighted by Gasteiger charge is -2.29. The highest BCUT2D eigenvalue weighted by atomic mass is 16.1. The Morgan fingerprint density at radius 2 is 2.29 bits per heavy atom. The van der Waals surface area contributed by atoms with E-state index in [4.69, 9.17) is 5.73 Å². The summed E-state index contributed by atoms with van der Waals surface area (Å²) in [4.78, 5) is 10.9. The topological polar surface area (TPSA) is 55.1 Å². The van der Waals surface area contributed by atoms with Gasteiger partial charge < -0.3 is 11.1 Å². The zero-order valence-electron chi connectivity index (χ0n) is 9.26. The molecular formula is C11H20N2O. The van der Waals surface area contributed by atoms with Gasteiger partial charge in [-0.15, -0.1) is 0 Å². The molecule has 0 saturated heterocycles. The average Bonchev–Trinajstić information content (AvgIpc) is 2.02. The van der Waals surface area contributed by atoms with Gasteiger partial charge in [0.25, 0.3) is 0 Å². The van der Waals surface area contributed by atoms with Crippen LogP contribution < -0.4 is 11.1 Å². The summed E-state index contributed by atoms with van der Waals surface area (Å²) in [7, 11) is 0. The highest BCUT2D eigenvalue weighted by molar-refractivity contribution is 5.92. The molecule has 0 bridgehead atoms. The summed E-state index contributed by atoms with van der Waals surface area (Å²) >= 11 is 0. The quantitative estimate of drug-likeness (QED) is 0.697. The Morgan fingerprint density at radius 1 is 1.64 bits per heavy atom. The lowest BCUT2D eigenvalue weighted by Crippen LogP contribution is -2.39. The van der Waals surface area contributed by atoms with Crippen LogP contribution in [0.4, 0.5) is 0 Å². The SMILES string of the molecule is CC(C)(C)CC1CC=C(C(N)=O)CN1. The summed E-state index contributed by atoms with van der Waals surface area (Å²) in [6.07, 6.45) is 4.00. The van der Waals surface area contributed by atoms with Crippen molar-refractivity contribution in [2.75, 3.05) is 6.54 Å². The van der Waals surface area contributed by atoms with Crippen molar-refractivity contribution in [2.45, 2.75) is 39.7 Å². The molecule has 0 spiro atoms. The molecule has 0 aromatic heterocycles. The Kier molecular flexibility index (Phi) is 3.32. The van der Waals surface area contributed by atoms with E-state index in [-0.39, 0.29) is 5.91 Å². The van der Waals surface area contributed by atoms with Gasteiger partial charge in [-0.1, -0.05) is 26.8 Å². The van der Waals surface area contributed by atoms with Crippen molar-refractivity contribution < 1.29 is 4.79 Å². The molecule has 0 aromatic carbocycles. The molecule has 0 aromatic rings. The third-order valence-corrected chi connectivity index (χ3v) is 2.41. The molecule has 0 fully saturated rings. The van der Waals surface area contributed by atoms with Gasteiger partial charge in [-0.3, -0.25) is 4.79 Å². The number of hydrogen-bond acceptors (Lipinski definition) is 2. The first-order chi connectivity index (χ1) is 6.38. The van der Waals surface area contributed by atoms with E-state index < -0.39 is 0 Å². The number of carbonyl (C=O) groups excluding carboxylic acids is 1. The summed E-state index contributed by atoms with van der Waals surface area (Å²) in [6, 6.07) is 0.484. The van der Waals surface area contributed by atoms with Gasteiger partial charge in [0.1, 0.15) is 0 Å². The maximum absolute atomic E-state index is 10.9. The summed E-state index contributed by atoms with van der Waals surface area (Å²) in [6.45, 7) is 7.29.